The fourth-order valence-electron chi connectivity index (χ4n) is 2.37. The van der Waals surface area contributed by atoms with Crippen LogP contribution in [0.25, 0.3) is 0 Å². The Hall–Kier alpha value is -1.57. The zero-order valence-electron chi connectivity index (χ0n) is 13.0. The van der Waals surface area contributed by atoms with E-state index in [-0.39, 0.29) is 12.5 Å². The first-order chi connectivity index (χ1) is 9.72. The Morgan fingerprint density at radius 3 is 2.00 bits per heavy atom. The lowest BCUT2D eigenvalue weighted by Gasteiger charge is -2.43. The van der Waals surface area contributed by atoms with Gasteiger partial charge in [-0.1, -0.05) is 6.92 Å². The fourth-order valence-corrected chi connectivity index (χ4v) is 2.37. The molecule has 1 aliphatic rings. The summed E-state index contributed by atoms with van der Waals surface area (Å²) in [5.74, 6) is -1.64. The molecule has 0 saturated carbocycles. The summed E-state index contributed by atoms with van der Waals surface area (Å²) >= 11 is 0. The second-order valence-corrected chi connectivity index (χ2v) is 5.19. The van der Waals surface area contributed by atoms with Gasteiger partial charge in [0.25, 0.3) is 0 Å². The smallest absolute Gasteiger partial charge is 0.303 e. The van der Waals surface area contributed by atoms with Crippen molar-refractivity contribution in [1.29, 1.82) is 0 Å². The van der Waals surface area contributed by atoms with Gasteiger partial charge in [-0.05, 0) is 0 Å². The van der Waals surface area contributed by atoms with Crippen molar-refractivity contribution < 1.29 is 33.3 Å². The highest BCUT2D eigenvalue weighted by Crippen LogP contribution is 2.29. The molecule has 118 valence electrons. The van der Waals surface area contributed by atoms with E-state index in [0.717, 1.165) is 0 Å². The van der Waals surface area contributed by atoms with Crippen LogP contribution in [-0.4, -0.2) is 56.7 Å². The highest BCUT2D eigenvalue weighted by molar-refractivity contribution is 6.11. The van der Waals surface area contributed by atoms with Crippen molar-refractivity contribution in [3.8, 4) is 0 Å². The SMILES string of the molecule is B[C@H]1O[C@H](COC(C)=O)[C@@H](C)[C@H](OC(C)=O)[C@H]1OC(C)=O. The summed E-state index contributed by atoms with van der Waals surface area (Å²) in [6.45, 7) is 5.74. The highest BCUT2D eigenvalue weighted by Gasteiger charge is 2.46. The third-order valence-electron chi connectivity index (χ3n) is 3.34. The molecular formula is C13H21BO7. The normalized spacial score (nSPS) is 32.1. The molecule has 8 heteroatoms. The highest BCUT2D eigenvalue weighted by atomic mass is 16.6. The Morgan fingerprint density at radius 2 is 1.52 bits per heavy atom. The van der Waals surface area contributed by atoms with E-state index >= 15 is 0 Å². The number of carbonyl (C=O) groups excluding carboxylic acids is 3. The summed E-state index contributed by atoms with van der Waals surface area (Å²) in [5, 5.41) is 0. The van der Waals surface area contributed by atoms with Crippen molar-refractivity contribution in [2.75, 3.05) is 6.61 Å². The third-order valence-corrected chi connectivity index (χ3v) is 3.34. The molecular weight excluding hydrogens is 279 g/mol. The molecule has 1 fully saturated rings. The zero-order valence-corrected chi connectivity index (χ0v) is 13.0. The number of hydrogen-bond acceptors (Lipinski definition) is 7. The Morgan fingerprint density at radius 1 is 1.00 bits per heavy atom. The molecule has 1 aliphatic heterocycles. The molecule has 0 aromatic heterocycles. The third kappa shape index (κ3) is 5.04. The predicted octanol–water partition coefficient (Wildman–Crippen LogP) is -0.593. The van der Waals surface area contributed by atoms with Crippen LogP contribution in [0, 0.1) is 5.92 Å². The van der Waals surface area contributed by atoms with Gasteiger partial charge in [-0.15, -0.1) is 0 Å². The van der Waals surface area contributed by atoms with Crippen LogP contribution in [0.3, 0.4) is 0 Å². The molecule has 1 saturated heterocycles. The molecule has 7 nitrogen and oxygen atoms in total. The zero-order chi connectivity index (χ0) is 16.2. The summed E-state index contributed by atoms with van der Waals surface area (Å²) in [6, 6.07) is -0.477. The topological polar surface area (TPSA) is 88.1 Å². The molecule has 0 aliphatic carbocycles. The molecule has 0 aromatic carbocycles. The summed E-state index contributed by atoms with van der Waals surface area (Å²) in [7, 11) is 1.72. The summed E-state index contributed by atoms with van der Waals surface area (Å²) in [6.07, 6.45) is -1.76. The van der Waals surface area contributed by atoms with Crippen LogP contribution in [0.2, 0.25) is 0 Å². The van der Waals surface area contributed by atoms with E-state index in [0.29, 0.717) is 0 Å². The van der Waals surface area contributed by atoms with E-state index in [4.69, 9.17) is 18.9 Å². The Balaban J connectivity index is 2.87. The van der Waals surface area contributed by atoms with Gasteiger partial charge in [0.05, 0.1) is 12.1 Å². The van der Waals surface area contributed by atoms with Crippen molar-refractivity contribution in [1.82, 2.24) is 0 Å². The Bertz CT molecular complexity index is 411. The molecule has 0 N–H and O–H groups in total. The molecule has 0 aromatic rings. The maximum Gasteiger partial charge on any atom is 0.303 e. The van der Waals surface area contributed by atoms with Crippen LogP contribution in [0.15, 0.2) is 0 Å². The minimum atomic E-state index is -0.685. The van der Waals surface area contributed by atoms with Crippen molar-refractivity contribution in [2.24, 2.45) is 5.92 Å². The van der Waals surface area contributed by atoms with Crippen LogP contribution >= 0.6 is 0 Å². The quantitative estimate of drug-likeness (QED) is 0.389. The fraction of sp³-hybridized carbons (Fsp3) is 0.769. The van der Waals surface area contributed by atoms with Gasteiger partial charge in [0.1, 0.15) is 20.6 Å². The van der Waals surface area contributed by atoms with Crippen LogP contribution in [0.4, 0.5) is 0 Å². The van der Waals surface area contributed by atoms with Gasteiger partial charge in [-0.25, -0.2) is 0 Å². The molecule has 0 radical (unpaired) electrons. The molecule has 21 heavy (non-hydrogen) atoms. The lowest BCUT2D eigenvalue weighted by molar-refractivity contribution is -0.214. The van der Waals surface area contributed by atoms with Gasteiger partial charge >= 0.3 is 17.9 Å². The van der Waals surface area contributed by atoms with Crippen molar-refractivity contribution in [3.63, 3.8) is 0 Å². The van der Waals surface area contributed by atoms with Crippen molar-refractivity contribution in [2.45, 2.75) is 52.0 Å². The lowest BCUT2D eigenvalue weighted by atomic mass is 9.80. The summed E-state index contributed by atoms with van der Waals surface area (Å²) in [5.41, 5.74) is 0. The number of hydrogen-bond donors (Lipinski definition) is 0. The van der Waals surface area contributed by atoms with Gasteiger partial charge < -0.3 is 18.9 Å². The number of rotatable bonds is 4. The van der Waals surface area contributed by atoms with E-state index in [9.17, 15) is 14.4 Å². The molecule has 5 atom stereocenters. The summed E-state index contributed by atoms with van der Waals surface area (Å²) < 4.78 is 21.2. The average Bonchev–Trinajstić information content (AvgIpc) is 2.35. The average molecular weight is 300 g/mol. The largest absolute Gasteiger partial charge is 0.463 e. The van der Waals surface area contributed by atoms with Gasteiger partial charge in [0.15, 0.2) is 6.10 Å². The minimum absolute atomic E-state index is 0.0609. The molecule has 1 rings (SSSR count). The lowest BCUT2D eigenvalue weighted by Crippen LogP contribution is -2.57. The molecule has 0 amide bonds. The van der Waals surface area contributed by atoms with Crippen molar-refractivity contribution in [3.05, 3.63) is 0 Å². The maximum atomic E-state index is 11.3. The first kappa shape index (κ1) is 17.5. The van der Waals surface area contributed by atoms with E-state index in [2.05, 4.69) is 0 Å². The van der Waals surface area contributed by atoms with E-state index in [1.807, 2.05) is 0 Å². The van der Waals surface area contributed by atoms with Gasteiger partial charge in [0.2, 0.25) is 0 Å². The Kier molecular flexibility index (Phi) is 6.20. The van der Waals surface area contributed by atoms with E-state index < -0.39 is 42.2 Å². The van der Waals surface area contributed by atoms with Crippen LogP contribution in [0.5, 0.6) is 0 Å². The monoisotopic (exact) mass is 300 g/mol. The van der Waals surface area contributed by atoms with Crippen LogP contribution in [-0.2, 0) is 33.3 Å². The van der Waals surface area contributed by atoms with Gasteiger partial charge in [0, 0.05) is 26.7 Å². The minimum Gasteiger partial charge on any atom is -0.463 e. The van der Waals surface area contributed by atoms with Gasteiger partial charge in [-0.3, -0.25) is 14.4 Å². The molecule has 1 heterocycles. The van der Waals surface area contributed by atoms with E-state index in [1.165, 1.54) is 20.8 Å². The molecule has 0 unspecified atom stereocenters. The standard InChI is InChI=1S/C13H21BO7/c1-6-10(5-18-7(2)15)21-13(14)12(20-9(4)17)11(6)19-8(3)16/h6,10-13H,5,14H2,1-4H3/t6-,10-,11+,12-,13+/m1/s1. The van der Waals surface area contributed by atoms with Crippen molar-refractivity contribution >= 4 is 25.8 Å². The molecule has 0 spiro atoms. The first-order valence-corrected chi connectivity index (χ1v) is 6.85. The summed E-state index contributed by atoms with van der Waals surface area (Å²) in [4.78, 5) is 33.4. The number of carbonyl (C=O) groups is 3. The first-order valence-electron chi connectivity index (χ1n) is 6.85. The molecule has 0 bridgehead atoms. The maximum absolute atomic E-state index is 11.3. The van der Waals surface area contributed by atoms with Crippen LogP contribution in [0.1, 0.15) is 27.7 Å². The number of esters is 3. The van der Waals surface area contributed by atoms with Gasteiger partial charge in [-0.2, -0.15) is 0 Å². The second-order valence-electron chi connectivity index (χ2n) is 5.19. The number of ether oxygens (including phenoxy) is 4. The predicted molar refractivity (Wildman–Crippen MR) is 74.1 cm³/mol. The van der Waals surface area contributed by atoms with E-state index in [1.54, 1.807) is 14.8 Å². The second kappa shape index (κ2) is 7.45. The van der Waals surface area contributed by atoms with Crippen LogP contribution < -0.4 is 0 Å². The Labute approximate surface area is 124 Å².